The second kappa shape index (κ2) is 11.2. The molecule has 2 N–H and O–H groups in total. The number of epoxide rings is 2. The highest BCUT2D eigenvalue weighted by molar-refractivity contribution is 9.10. The second-order valence-electron chi connectivity index (χ2n) is 18.4. The van der Waals surface area contributed by atoms with Gasteiger partial charge in [-0.1, -0.05) is 50.2 Å². The molecule has 0 amide bonds. The van der Waals surface area contributed by atoms with E-state index in [-0.39, 0.29) is 29.1 Å². The number of carbonyl (C=O) groups excluding carboxylic acids is 4. The molecule has 8 fully saturated rings. The van der Waals surface area contributed by atoms with E-state index in [4.69, 9.17) is 28.4 Å². The first-order chi connectivity index (χ1) is 25.2. The van der Waals surface area contributed by atoms with E-state index in [9.17, 15) is 24.6 Å². The summed E-state index contributed by atoms with van der Waals surface area (Å²) in [4.78, 5) is 55.5. The molecule has 1 aromatic rings. The molecule has 0 aromatic heterocycles. The molecule has 292 valence electrons. The Hall–Kier alpha value is -2.84. The quantitative estimate of drug-likeness (QED) is 0.251. The van der Waals surface area contributed by atoms with Crippen LogP contribution < -0.4 is 0 Å². The number of aliphatic hydroxyl groups excluding tert-OH is 1. The van der Waals surface area contributed by atoms with E-state index in [1.165, 1.54) is 13.8 Å². The molecular formula is C41H49BrO12. The van der Waals surface area contributed by atoms with Gasteiger partial charge in [0.25, 0.3) is 0 Å². The minimum absolute atomic E-state index is 0.143. The Balaban J connectivity index is 1.24. The first-order valence-corrected chi connectivity index (χ1v) is 20.0. The number of ether oxygens (including phenoxy) is 6. The van der Waals surface area contributed by atoms with E-state index in [2.05, 4.69) is 22.5 Å². The number of benzene rings is 1. The molecule has 8 aliphatic rings. The minimum atomic E-state index is -1.63. The maximum Gasteiger partial charge on any atom is 0.338 e. The van der Waals surface area contributed by atoms with Gasteiger partial charge in [0.2, 0.25) is 5.79 Å². The molecule has 0 bridgehead atoms. The molecular weight excluding hydrogens is 764 g/mol. The van der Waals surface area contributed by atoms with E-state index in [1.807, 2.05) is 34.6 Å². The van der Waals surface area contributed by atoms with Crippen LogP contribution in [0.25, 0.3) is 0 Å². The second-order valence-corrected chi connectivity index (χ2v) is 19.3. The summed E-state index contributed by atoms with van der Waals surface area (Å²) in [6.07, 6.45) is -4.93. The van der Waals surface area contributed by atoms with Gasteiger partial charge in [-0.2, -0.15) is 0 Å². The standard InChI is InChI=1S/C41H49BrO12/c1-15-25-24(29(45)31(52-36(47)20-10-12-21(42)13-11-20)22-14-23-32(51-23)35(37(22,25)6)50-19(5)44)27-30(46)28-26(38(27,7)33(15)49-18(4)43)16(2)34-41(54-34)39(28,8)40(9,48)17(3)53-41/h10-13,15-16,22-28,30-35,46,48H,3,14H2,1-2,4-9H3/t15-,16-,22+,23-,24+,25-,26-,27+,28-,30+,31?,32-,33-,34+,35-,37-,38+,39-,40+,41+/m0/s1. The zero-order valence-electron chi connectivity index (χ0n) is 31.7. The average Bonchev–Trinajstić information content (AvgIpc) is 4.00. The lowest BCUT2D eigenvalue weighted by molar-refractivity contribution is -0.246. The van der Waals surface area contributed by atoms with Gasteiger partial charge < -0.3 is 38.6 Å². The van der Waals surface area contributed by atoms with Gasteiger partial charge in [0.15, 0.2) is 11.9 Å². The molecule has 1 spiro atoms. The van der Waals surface area contributed by atoms with E-state index >= 15 is 4.79 Å². The Morgan fingerprint density at radius 3 is 2.15 bits per heavy atom. The Morgan fingerprint density at radius 2 is 1.52 bits per heavy atom. The monoisotopic (exact) mass is 812 g/mol. The Bertz CT molecular complexity index is 1880. The maximum atomic E-state index is 15.6. The van der Waals surface area contributed by atoms with Crippen LogP contribution in [0.15, 0.2) is 41.1 Å². The topological polar surface area (TPSA) is 171 Å². The lowest BCUT2D eigenvalue weighted by Gasteiger charge is -2.65. The normalized spacial score (nSPS) is 54.2. The van der Waals surface area contributed by atoms with Gasteiger partial charge in [0, 0.05) is 52.8 Å². The number of aliphatic hydroxyl groups is 2. The van der Waals surface area contributed by atoms with E-state index in [0.29, 0.717) is 6.42 Å². The summed E-state index contributed by atoms with van der Waals surface area (Å²) in [5.74, 6) is -8.01. The van der Waals surface area contributed by atoms with Crippen LogP contribution in [0.2, 0.25) is 0 Å². The highest BCUT2D eigenvalue weighted by Crippen LogP contribution is 2.81. The van der Waals surface area contributed by atoms with Crippen molar-refractivity contribution in [1.82, 2.24) is 0 Å². The van der Waals surface area contributed by atoms with E-state index in [1.54, 1.807) is 31.2 Å². The molecule has 5 aliphatic carbocycles. The summed E-state index contributed by atoms with van der Waals surface area (Å²) >= 11 is 3.41. The van der Waals surface area contributed by atoms with Gasteiger partial charge in [-0.25, -0.2) is 4.79 Å². The van der Waals surface area contributed by atoms with Gasteiger partial charge in [-0.3, -0.25) is 14.4 Å². The number of Topliss-reactive ketones (excluding diaryl/α,β-unsaturated/α-hetero) is 1. The van der Waals surface area contributed by atoms with Crippen LogP contribution in [-0.2, 0) is 42.8 Å². The zero-order valence-corrected chi connectivity index (χ0v) is 33.3. The molecule has 1 aromatic carbocycles. The maximum absolute atomic E-state index is 15.6. The molecule has 3 aliphatic heterocycles. The first-order valence-electron chi connectivity index (χ1n) is 19.2. The third kappa shape index (κ3) is 4.18. The number of halogens is 1. The van der Waals surface area contributed by atoms with Gasteiger partial charge in [-0.15, -0.1) is 0 Å². The van der Waals surface area contributed by atoms with Crippen LogP contribution in [0.5, 0.6) is 0 Å². The van der Waals surface area contributed by atoms with Crippen LogP contribution in [0.1, 0.15) is 72.2 Å². The van der Waals surface area contributed by atoms with Crippen molar-refractivity contribution in [2.45, 2.75) is 116 Å². The Kier molecular flexibility index (Phi) is 7.61. The van der Waals surface area contributed by atoms with Crippen molar-refractivity contribution in [2.24, 2.45) is 63.6 Å². The summed E-state index contributed by atoms with van der Waals surface area (Å²) in [6.45, 7) is 18.2. The van der Waals surface area contributed by atoms with Crippen molar-refractivity contribution < 1.29 is 57.8 Å². The summed E-state index contributed by atoms with van der Waals surface area (Å²) in [5.41, 5.74) is -4.65. The van der Waals surface area contributed by atoms with E-state index < -0.39 is 124 Å². The molecule has 3 heterocycles. The van der Waals surface area contributed by atoms with Crippen LogP contribution in [0, 0.1) is 63.6 Å². The molecule has 5 saturated carbocycles. The van der Waals surface area contributed by atoms with Crippen molar-refractivity contribution in [3.8, 4) is 0 Å². The van der Waals surface area contributed by atoms with Gasteiger partial charge >= 0.3 is 17.9 Å². The predicted molar refractivity (Wildman–Crippen MR) is 191 cm³/mol. The molecule has 9 rings (SSSR count). The van der Waals surface area contributed by atoms with Gasteiger partial charge in [0.05, 0.1) is 23.2 Å². The Labute approximate surface area is 322 Å². The molecule has 0 radical (unpaired) electrons. The zero-order chi connectivity index (χ0) is 39.0. The van der Waals surface area contributed by atoms with Crippen LogP contribution >= 0.6 is 15.9 Å². The molecule has 54 heavy (non-hydrogen) atoms. The first kappa shape index (κ1) is 36.8. The number of ketones is 1. The number of carbonyl (C=O) groups is 4. The average molecular weight is 814 g/mol. The fourth-order valence-electron chi connectivity index (χ4n) is 14.1. The number of rotatable bonds is 4. The van der Waals surface area contributed by atoms with Gasteiger partial charge in [-0.05, 0) is 68.2 Å². The van der Waals surface area contributed by atoms with Gasteiger partial charge in [0.1, 0.15) is 35.8 Å². The van der Waals surface area contributed by atoms with Crippen molar-refractivity contribution in [3.05, 3.63) is 46.6 Å². The van der Waals surface area contributed by atoms with Crippen LogP contribution in [-0.4, -0.2) is 88.0 Å². The van der Waals surface area contributed by atoms with E-state index in [0.717, 1.165) is 4.47 Å². The third-order valence-corrected chi connectivity index (χ3v) is 16.8. The Morgan fingerprint density at radius 1 is 0.889 bits per heavy atom. The molecule has 12 nitrogen and oxygen atoms in total. The fraction of sp³-hybridized carbons (Fsp3) is 0.707. The van der Waals surface area contributed by atoms with Crippen LogP contribution in [0.3, 0.4) is 0 Å². The number of esters is 3. The SMILES string of the molecule is C=C1O[C@@]23O[C@@H]2[C@@H](C)[C@H]2[C@@H]([C@H](O)[C@H]4[C@@H]5C(=O)C(OC(=O)c6ccc(Br)cc6)[C@H]6C[C@@H]7O[C@@H]7[C@H](OC(C)=O)[C@]6(C)[C@H]5[C@H](C)[C@H](OC(C)=O)[C@@]42C)[C@@]3(C)[C@]1(C)O. The number of hydrogen-bond acceptors (Lipinski definition) is 12. The summed E-state index contributed by atoms with van der Waals surface area (Å²) in [5, 5.41) is 25.4. The highest BCUT2D eigenvalue weighted by Gasteiger charge is 2.91. The van der Waals surface area contributed by atoms with Crippen molar-refractivity contribution in [2.75, 3.05) is 0 Å². The van der Waals surface area contributed by atoms with Crippen LogP contribution in [0.4, 0.5) is 0 Å². The van der Waals surface area contributed by atoms with Crippen molar-refractivity contribution >= 4 is 39.6 Å². The predicted octanol–water partition coefficient (Wildman–Crippen LogP) is 4.37. The highest BCUT2D eigenvalue weighted by atomic mass is 79.9. The molecule has 13 heteroatoms. The summed E-state index contributed by atoms with van der Waals surface area (Å²) < 4.78 is 38.5. The lowest BCUT2D eigenvalue weighted by atomic mass is 9.39. The molecule has 3 saturated heterocycles. The third-order valence-electron chi connectivity index (χ3n) is 16.3. The lowest BCUT2D eigenvalue weighted by Crippen LogP contribution is -2.72. The smallest absolute Gasteiger partial charge is 0.338 e. The van der Waals surface area contributed by atoms with Crippen molar-refractivity contribution in [1.29, 1.82) is 0 Å². The number of hydrogen-bond donors (Lipinski definition) is 2. The molecule has 1 unspecified atom stereocenters. The summed E-state index contributed by atoms with van der Waals surface area (Å²) in [7, 11) is 0. The summed E-state index contributed by atoms with van der Waals surface area (Å²) in [6, 6.07) is 6.68. The van der Waals surface area contributed by atoms with Crippen molar-refractivity contribution in [3.63, 3.8) is 0 Å². The molecule has 20 atom stereocenters. The largest absolute Gasteiger partial charge is 0.462 e. The number of fused-ring (bicyclic) bond motifs is 9. The fourth-order valence-corrected chi connectivity index (χ4v) is 14.4. The minimum Gasteiger partial charge on any atom is -0.462 e.